The summed E-state index contributed by atoms with van der Waals surface area (Å²) in [4.78, 5) is 45.7. The highest BCUT2D eigenvalue weighted by molar-refractivity contribution is 6.07. The molecule has 0 fully saturated rings. The van der Waals surface area contributed by atoms with Crippen molar-refractivity contribution in [2.24, 2.45) is 0 Å². The molecule has 0 unspecified atom stereocenters. The molecule has 1 aromatic heterocycles. The third-order valence-electron chi connectivity index (χ3n) is 6.76. The number of imidazole rings is 1. The van der Waals surface area contributed by atoms with E-state index in [2.05, 4.69) is 22.5 Å². The first-order valence-corrected chi connectivity index (χ1v) is 12.5. The quantitative estimate of drug-likeness (QED) is 0.466. The van der Waals surface area contributed by atoms with Gasteiger partial charge in [0.05, 0.1) is 12.9 Å². The number of aromatic nitrogens is 2. The number of fused-ring (bicyclic) bond motifs is 1. The molecule has 0 bridgehead atoms. The zero-order valence-corrected chi connectivity index (χ0v) is 21.4. The summed E-state index contributed by atoms with van der Waals surface area (Å²) in [5.41, 5.74) is 1.94. The van der Waals surface area contributed by atoms with Gasteiger partial charge in [-0.05, 0) is 48.6 Å². The van der Waals surface area contributed by atoms with E-state index < -0.39 is 17.4 Å². The first-order valence-electron chi connectivity index (χ1n) is 12.5. The number of benzene rings is 2. The van der Waals surface area contributed by atoms with Crippen LogP contribution in [0.4, 0.5) is 4.39 Å². The molecule has 0 saturated heterocycles. The number of halogens is 1. The minimum Gasteiger partial charge on any atom is -0.350 e. The predicted molar refractivity (Wildman–Crippen MR) is 137 cm³/mol. The minimum absolute atomic E-state index is 0.0463. The average molecular weight is 506 g/mol. The lowest BCUT2D eigenvalue weighted by molar-refractivity contribution is -0.133. The molecule has 2 heterocycles. The Bertz CT molecular complexity index is 1290. The van der Waals surface area contributed by atoms with Gasteiger partial charge in [0, 0.05) is 19.6 Å². The Morgan fingerprint density at radius 2 is 1.57 bits per heavy atom. The molecule has 1 atom stereocenters. The molecule has 3 amide bonds. The van der Waals surface area contributed by atoms with Gasteiger partial charge in [-0.25, -0.2) is 9.37 Å². The monoisotopic (exact) mass is 505 g/mol. The van der Waals surface area contributed by atoms with Crippen molar-refractivity contribution in [3.05, 3.63) is 88.8 Å². The van der Waals surface area contributed by atoms with Crippen molar-refractivity contribution in [1.82, 2.24) is 25.1 Å². The van der Waals surface area contributed by atoms with Crippen molar-refractivity contribution in [3.63, 3.8) is 0 Å². The van der Waals surface area contributed by atoms with Gasteiger partial charge in [-0.1, -0.05) is 50.2 Å². The van der Waals surface area contributed by atoms with E-state index in [0.29, 0.717) is 19.5 Å². The van der Waals surface area contributed by atoms with Crippen molar-refractivity contribution >= 4 is 17.7 Å². The molecule has 0 saturated carbocycles. The molecule has 0 aliphatic carbocycles. The Hall–Kier alpha value is -4.01. The van der Waals surface area contributed by atoms with Gasteiger partial charge in [0.15, 0.2) is 5.69 Å². The molecular weight excluding hydrogens is 473 g/mol. The van der Waals surface area contributed by atoms with E-state index in [0.717, 1.165) is 17.5 Å². The molecule has 2 N–H and O–H groups in total. The molecule has 0 radical (unpaired) electrons. The summed E-state index contributed by atoms with van der Waals surface area (Å²) in [6.07, 6.45) is 3.01. The van der Waals surface area contributed by atoms with Gasteiger partial charge in [0.1, 0.15) is 17.1 Å². The number of rotatable bonds is 9. The Morgan fingerprint density at radius 1 is 0.973 bits per heavy atom. The van der Waals surface area contributed by atoms with Crippen molar-refractivity contribution < 1.29 is 18.8 Å². The topological polar surface area (TPSA) is 96.3 Å². The second-order valence-corrected chi connectivity index (χ2v) is 9.46. The highest BCUT2D eigenvalue weighted by atomic mass is 19.1. The van der Waals surface area contributed by atoms with Gasteiger partial charge < -0.3 is 20.1 Å². The Labute approximate surface area is 215 Å². The van der Waals surface area contributed by atoms with Crippen LogP contribution >= 0.6 is 0 Å². The van der Waals surface area contributed by atoms with Crippen LogP contribution in [-0.4, -0.2) is 44.3 Å². The third kappa shape index (κ3) is 5.40. The fraction of sp³-hybridized carbons (Fsp3) is 0.357. The fourth-order valence-corrected chi connectivity index (χ4v) is 4.56. The highest BCUT2D eigenvalue weighted by Crippen LogP contribution is 2.29. The maximum Gasteiger partial charge on any atom is 0.273 e. The van der Waals surface area contributed by atoms with Crippen LogP contribution in [0.15, 0.2) is 54.9 Å². The van der Waals surface area contributed by atoms with Crippen LogP contribution in [0.3, 0.4) is 0 Å². The number of nitrogens with one attached hydrogen (secondary N) is 2. The number of amides is 3. The average Bonchev–Trinajstić information content (AvgIpc) is 3.33. The predicted octanol–water partition coefficient (Wildman–Crippen LogP) is 3.46. The molecule has 1 aliphatic rings. The van der Waals surface area contributed by atoms with Crippen molar-refractivity contribution in [2.75, 3.05) is 6.54 Å². The molecule has 8 nitrogen and oxygen atoms in total. The van der Waals surface area contributed by atoms with Crippen LogP contribution in [0, 0.1) is 5.82 Å². The summed E-state index contributed by atoms with van der Waals surface area (Å²) in [5.74, 6) is -1.54. The first kappa shape index (κ1) is 26.1. The SMILES string of the molecule is CCCN1C(=O)c2c(C(=O)NCc3ccc(CC)cc3)ncn2C[C@]1(C)C(=O)NCc1ccc(F)cc1. The van der Waals surface area contributed by atoms with E-state index in [4.69, 9.17) is 0 Å². The van der Waals surface area contributed by atoms with Gasteiger partial charge >= 0.3 is 0 Å². The van der Waals surface area contributed by atoms with Gasteiger partial charge in [-0.15, -0.1) is 0 Å². The third-order valence-corrected chi connectivity index (χ3v) is 6.76. The molecule has 3 aromatic rings. The molecule has 9 heteroatoms. The molecule has 1 aliphatic heterocycles. The lowest BCUT2D eigenvalue weighted by Gasteiger charge is -2.43. The van der Waals surface area contributed by atoms with E-state index in [1.807, 2.05) is 31.2 Å². The van der Waals surface area contributed by atoms with E-state index in [1.54, 1.807) is 23.6 Å². The molecule has 0 spiro atoms. The zero-order chi connectivity index (χ0) is 26.6. The number of carbonyl (C=O) groups excluding carboxylic acids is 3. The molecular formula is C28H32FN5O3. The Kier molecular flexibility index (Phi) is 7.71. The van der Waals surface area contributed by atoms with Crippen LogP contribution in [0.1, 0.15) is 64.9 Å². The van der Waals surface area contributed by atoms with Crippen LogP contribution in [-0.2, 0) is 30.8 Å². The summed E-state index contributed by atoms with van der Waals surface area (Å²) < 4.78 is 14.8. The largest absolute Gasteiger partial charge is 0.350 e. The fourth-order valence-electron chi connectivity index (χ4n) is 4.56. The molecule has 194 valence electrons. The summed E-state index contributed by atoms with van der Waals surface area (Å²) >= 11 is 0. The maximum atomic E-state index is 13.6. The lowest BCUT2D eigenvalue weighted by Crippen LogP contribution is -2.64. The molecule has 2 aromatic carbocycles. The minimum atomic E-state index is -1.18. The van der Waals surface area contributed by atoms with E-state index in [1.165, 1.54) is 28.9 Å². The molecule has 4 rings (SSSR count). The normalized spacial score (nSPS) is 16.9. The van der Waals surface area contributed by atoms with Crippen molar-refractivity contribution in [1.29, 1.82) is 0 Å². The van der Waals surface area contributed by atoms with E-state index in [9.17, 15) is 18.8 Å². The second kappa shape index (κ2) is 10.9. The number of hydrogen-bond acceptors (Lipinski definition) is 4. The summed E-state index contributed by atoms with van der Waals surface area (Å²) in [6, 6.07) is 13.8. The van der Waals surface area contributed by atoms with Crippen molar-refractivity contribution in [2.45, 2.75) is 58.8 Å². The van der Waals surface area contributed by atoms with Crippen LogP contribution in [0.5, 0.6) is 0 Å². The number of aryl methyl sites for hydroxylation is 1. The van der Waals surface area contributed by atoms with Gasteiger partial charge in [-0.2, -0.15) is 0 Å². The lowest BCUT2D eigenvalue weighted by atomic mass is 9.94. The number of nitrogens with zero attached hydrogens (tertiary/aromatic N) is 3. The first-order chi connectivity index (χ1) is 17.8. The summed E-state index contributed by atoms with van der Waals surface area (Å²) in [6.45, 7) is 6.73. The Balaban J connectivity index is 1.51. The van der Waals surface area contributed by atoms with Crippen molar-refractivity contribution in [3.8, 4) is 0 Å². The number of hydrogen-bond donors (Lipinski definition) is 2. The van der Waals surface area contributed by atoms with Gasteiger partial charge in [0.25, 0.3) is 11.8 Å². The maximum absolute atomic E-state index is 13.6. The zero-order valence-electron chi connectivity index (χ0n) is 21.4. The standard InChI is InChI=1S/C28H32FN5O3/c1-4-14-34-26(36)24-23(25(35)30-15-20-8-6-19(5-2)7-9-20)32-18-33(24)17-28(34,3)27(37)31-16-21-10-12-22(29)13-11-21/h6-13,18H,4-5,14-17H2,1-3H3,(H,30,35)(H,31,37)/t28-/m1/s1. The van der Waals surface area contributed by atoms with Gasteiger partial charge in [0.2, 0.25) is 5.91 Å². The summed E-state index contributed by atoms with van der Waals surface area (Å²) in [7, 11) is 0. The Morgan fingerprint density at radius 3 is 2.19 bits per heavy atom. The van der Waals surface area contributed by atoms with Crippen LogP contribution in [0.25, 0.3) is 0 Å². The van der Waals surface area contributed by atoms with Crippen LogP contribution < -0.4 is 10.6 Å². The van der Waals surface area contributed by atoms with E-state index in [-0.39, 0.29) is 36.2 Å². The van der Waals surface area contributed by atoms with Gasteiger partial charge in [-0.3, -0.25) is 14.4 Å². The molecule has 37 heavy (non-hydrogen) atoms. The van der Waals surface area contributed by atoms with Crippen LogP contribution in [0.2, 0.25) is 0 Å². The van der Waals surface area contributed by atoms with E-state index >= 15 is 0 Å². The second-order valence-electron chi connectivity index (χ2n) is 9.46. The highest BCUT2D eigenvalue weighted by Gasteiger charge is 2.48. The smallest absolute Gasteiger partial charge is 0.273 e. The summed E-state index contributed by atoms with van der Waals surface area (Å²) in [5, 5.41) is 5.73. The number of carbonyl (C=O) groups is 3.